The number of allylic oxidation sites excluding steroid dienone is 2. The van der Waals surface area contributed by atoms with Crippen LogP contribution in [0.25, 0.3) is 0 Å². The molecule has 13 heavy (non-hydrogen) atoms. The summed E-state index contributed by atoms with van der Waals surface area (Å²) >= 11 is 0. The normalized spacial score (nSPS) is 25.8. The van der Waals surface area contributed by atoms with Crippen molar-refractivity contribution in [3.63, 3.8) is 0 Å². The highest BCUT2D eigenvalue weighted by Crippen LogP contribution is 2.18. The van der Waals surface area contributed by atoms with Crippen LogP contribution in [0.1, 0.15) is 39.0 Å². The topological polar surface area (TPSA) is 9.23 Å². The fourth-order valence-electron chi connectivity index (χ4n) is 1.71. The van der Waals surface area contributed by atoms with Crippen molar-refractivity contribution in [2.45, 2.75) is 45.1 Å². The molecule has 0 spiro atoms. The van der Waals surface area contributed by atoms with Crippen LogP contribution >= 0.6 is 0 Å². The quantitative estimate of drug-likeness (QED) is 0.375. The van der Waals surface area contributed by atoms with Crippen molar-refractivity contribution in [2.24, 2.45) is 5.92 Å². The fourth-order valence-corrected chi connectivity index (χ4v) is 3.11. The van der Waals surface area contributed by atoms with E-state index in [1.807, 2.05) is 0 Å². The molecule has 0 bridgehead atoms. The minimum atomic E-state index is -0.117. The molecule has 0 aromatic carbocycles. The molecule has 1 unspecified atom stereocenters. The van der Waals surface area contributed by atoms with Gasteiger partial charge in [0, 0.05) is 6.61 Å². The second kappa shape index (κ2) is 7.33. The molecule has 0 saturated carbocycles. The molecule has 1 aliphatic heterocycles. The first kappa shape index (κ1) is 11.0. The Labute approximate surface area is 84.5 Å². The minimum Gasteiger partial charge on any atom is -0.424 e. The van der Waals surface area contributed by atoms with Crippen LogP contribution in [0.2, 0.25) is 6.04 Å². The molecule has 2 heteroatoms. The molecule has 0 aromatic heterocycles. The van der Waals surface area contributed by atoms with Crippen LogP contribution in [0, 0.1) is 5.92 Å². The molecule has 76 valence electrons. The maximum absolute atomic E-state index is 5.46. The summed E-state index contributed by atoms with van der Waals surface area (Å²) in [6, 6.07) is 1.40. The predicted molar refractivity (Wildman–Crippen MR) is 60.7 cm³/mol. The molecule has 0 N–H and O–H groups in total. The first-order valence-electron chi connectivity index (χ1n) is 5.66. The summed E-state index contributed by atoms with van der Waals surface area (Å²) in [4.78, 5) is 0. The van der Waals surface area contributed by atoms with Crippen LogP contribution in [-0.2, 0) is 4.43 Å². The highest BCUT2D eigenvalue weighted by atomic mass is 28.2. The molecule has 0 aliphatic carbocycles. The van der Waals surface area contributed by atoms with Crippen molar-refractivity contribution in [1.82, 2.24) is 0 Å². The van der Waals surface area contributed by atoms with Gasteiger partial charge in [-0.05, 0) is 31.2 Å². The molecule has 1 heterocycles. The first-order valence-corrected chi connectivity index (χ1v) is 7.24. The van der Waals surface area contributed by atoms with Gasteiger partial charge in [-0.15, -0.1) is 0 Å². The van der Waals surface area contributed by atoms with Crippen LogP contribution in [0.4, 0.5) is 0 Å². The van der Waals surface area contributed by atoms with Crippen molar-refractivity contribution in [2.75, 3.05) is 6.61 Å². The molecule has 1 saturated heterocycles. The Morgan fingerprint density at radius 1 is 1.46 bits per heavy atom. The van der Waals surface area contributed by atoms with Crippen molar-refractivity contribution in [1.29, 1.82) is 0 Å². The van der Waals surface area contributed by atoms with Crippen molar-refractivity contribution in [3.05, 3.63) is 12.2 Å². The Kier molecular flexibility index (Phi) is 6.20. The predicted octanol–water partition coefficient (Wildman–Crippen LogP) is 2.66. The Hall–Kier alpha value is -0.0831. The van der Waals surface area contributed by atoms with Crippen molar-refractivity contribution >= 4 is 9.76 Å². The third kappa shape index (κ3) is 5.27. The van der Waals surface area contributed by atoms with Gasteiger partial charge in [0.1, 0.15) is 0 Å². The zero-order valence-corrected chi connectivity index (χ0v) is 10.2. The monoisotopic (exact) mass is 198 g/mol. The Morgan fingerprint density at radius 3 is 3.08 bits per heavy atom. The van der Waals surface area contributed by atoms with Gasteiger partial charge in [0.15, 0.2) is 9.76 Å². The zero-order valence-electron chi connectivity index (χ0n) is 8.80. The third-order valence-corrected chi connectivity index (χ3v) is 4.33. The number of rotatable bonds is 5. The summed E-state index contributed by atoms with van der Waals surface area (Å²) < 4.78 is 5.46. The van der Waals surface area contributed by atoms with Gasteiger partial charge >= 0.3 is 0 Å². The van der Waals surface area contributed by atoms with E-state index >= 15 is 0 Å². The fraction of sp³-hybridized carbons (Fsp3) is 0.818. The SMILES string of the molecule is CCCC/C=C/CC1CCO[SiH2]C1. The van der Waals surface area contributed by atoms with Gasteiger partial charge in [-0.25, -0.2) is 0 Å². The van der Waals surface area contributed by atoms with Gasteiger partial charge in [-0.1, -0.05) is 31.9 Å². The van der Waals surface area contributed by atoms with Crippen LogP contribution < -0.4 is 0 Å². The molecule has 0 aromatic rings. The lowest BCUT2D eigenvalue weighted by molar-refractivity contribution is 0.264. The van der Waals surface area contributed by atoms with Gasteiger partial charge in [0.05, 0.1) is 0 Å². The molecule has 1 aliphatic rings. The van der Waals surface area contributed by atoms with E-state index in [2.05, 4.69) is 19.1 Å². The van der Waals surface area contributed by atoms with E-state index < -0.39 is 0 Å². The average molecular weight is 198 g/mol. The average Bonchev–Trinajstić information content (AvgIpc) is 2.19. The zero-order chi connectivity index (χ0) is 9.36. The van der Waals surface area contributed by atoms with Crippen LogP contribution in [0.3, 0.4) is 0 Å². The van der Waals surface area contributed by atoms with Gasteiger partial charge in [-0.2, -0.15) is 0 Å². The Balaban J connectivity index is 2.00. The van der Waals surface area contributed by atoms with Crippen LogP contribution in [-0.4, -0.2) is 16.4 Å². The molecular formula is C11H22OSi. The number of hydrogen-bond acceptors (Lipinski definition) is 1. The largest absolute Gasteiger partial charge is 0.424 e. The lowest BCUT2D eigenvalue weighted by Crippen LogP contribution is -2.16. The van der Waals surface area contributed by atoms with E-state index in [0.717, 1.165) is 12.5 Å². The molecule has 1 atom stereocenters. The van der Waals surface area contributed by atoms with E-state index in [1.54, 1.807) is 0 Å². The molecule has 1 fully saturated rings. The summed E-state index contributed by atoms with van der Waals surface area (Å²) in [6.45, 7) is 3.29. The third-order valence-electron chi connectivity index (χ3n) is 2.70. The summed E-state index contributed by atoms with van der Waals surface area (Å²) in [5.74, 6) is 0.957. The summed E-state index contributed by atoms with van der Waals surface area (Å²) in [5.41, 5.74) is 0. The molecule has 1 nitrogen and oxygen atoms in total. The number of hydrogen-bond donors (Lipinski definition) is 0. The van der Waals surface area contributed by atoms with Crippen LogP contribution in [0.15, 0.2) is 12.2 Å². The molecule has 0 amide bonds. The van der Waals surface area contributed by atoms with Gasteiger partial charge < -0.3 is 4.43 Å². The van der Waals surface area contributed by atoms with E-state index in [0.29, 0.717) is 0 Å². The van der Waals surface area contributed by atoms with Gasteiger partial charge in [0.25, 0.3) is 0 Å². The van der Waals surface area contributed by atoms with E-state index in [4.69, 9.17) is 4.43 Å². The summed E-state index contributed by atoms with van der Waals surface area (Å²) in [5, 5.41) is 0. The van der Waals surface area contributed by atoms with E-state index in [9.17, 15) is 0 Å². The van der Waals surface area contributed by atoms with E-state index in [1.165, 1.54) is 38.1 Å². The maximum atomic E-state index is 5.46. The highest BCUT2D eigenvalue weighted by molar-refractivity contribution is 6.27. The summed E-state index contributed by atoms with van der Waals surface area (Å²) in [7, 11) is -0.117. The second-order valence-corrected chi connectivity index (χ2v) is 5.30. The van der Waals surface area contributed by atoms with Gasteiger partial charge in [0.2, 0.25) is 0 Å². The Bertz CT molecular complexity index is 139. The first-order chi connectivity index (χ1) is 6.43. The van der Waals surface area contributed by atoms with Crippen molar-refractivity contribution in [3.8, 4) is 0 Å². The lowest BCUT2D eigenvalue weighted by Gasteiger charge is -2.20. The molecule has 1 rings (SSSR count). The standard InChI is InChI=1S/C11H22OSi/c1-2-3-4-5-6-7-11-8-9-12-13-10-11/h5-6,11H,2-4,7-10,13H2,1H3/b6-5+. The number of unbranched alkanes of at least 4 members (excludes halogenated alkanes) is 2. The van der Waals surface area contributed by atoms with Crippen LogP contribution in [0.5, 0.6) is 0 Å². The smallest absolute Gasteiger partial charge is 0.161 e. The molecule has 0 radical (unpaired) electrons. The van der Waals surface area contributed by atoms with Crippen molar-refractivity contribution < 1.29 is 4.43 Å². The van der Waals surface area contributed by atoms with E-state index in [-0.39, 0.29) is 9.76 Å². The second-order valence-electron chi connectivity index (χ2n) is 3.91. The minimum absolute atomic E-state index is 0.117. The lowest BCUT2D eigenvalue weighted by atomic mass is 10.0. The maximum Gasteiger partial charge on any atom is 0.161 e. The molecular weight excluding hydrogens is 176 g/mol. The summed E-state index contributed by atoms with van der Waals surface area (Å²) in [6.07, 6.45) is 11.3. The Morgan fingerprint density at radius 2 is 2.38 bits per heavy atom. The highest BCUT2D eigenvalue weighted by Gasteiger charge is 2.11. The van der Waals surface area contributed by atoms with Gasteiger partial charge in [-0.3, -0.25) is 0 Å².